The van der Waals surface area contributed by atoms with Crippen LogP contribution in [-0.2, 0) is 11.3 Å². The van der Waals surface area contributed by atoms with Gasteiger partial charge in [0.15, 0.2) is 5.76 Å². The van der Waals surface area contributed by atoms with Crippen molar-refractivity contribution < 1.29 is 14.4 Å². The number of aliphatic hydroxyl groups excluding tert-OH is 1. The maximum absolute atomic E-state index is 10.2. The zero-order valence-electron chi connectivity index (χ0n) is 14.9. The minimum Gasteiger partial charge on any atom is -0.385 e. The minimum absolute atomic E-state index is 0.474. The molecule has 138 valence electrons. The first-order valence-corrected chi connectivity index (χ1v) is 8.58. The number of amides is 1. The van der Waals surface area contributed by atoms with Crippen LogP contribution < -0.4 is 5.32 Å². The lowest BCUT2D eigenvalue weighted by atomic mass is 10.1. The molecular weight excluding hydrogens is 344 g/mol. The predicted octanol–water partition coefficient (Wildman–Crippen LogP) is 2.13. The Labute approximate surface area is 157 Å². The zero-order valence-corrected chi connectivity index (χ0v) is 14.9. The molecule has 7 nitrogen and oxygen atoms in total. The van der Waals surface area contributed by atoms with Gasteiger partial charge in [-0.15, -0.1) is 0 Å². The maximum atomic E-state index is 10.2. The van der Waals surface area contributed by atoms with Gasteiger partial charge >= 0.3 is 0 Å². The molecular formula is C20H20N4O3. The Bertz CT molecular complexity index is 946. The number of carbonyl (C=O) groups excluding carboxylic acids is 1. The highest BCUT2D eigenvalue weighted by atomic mass is 16.5. The molecule has 0 aliphatic rings. The smallest absolute Gasteiger partial charge is 0.207 e. The van der Waals surface area contributed by atoms with Crippen LogP contribution in [0.4, 0.5) is 0 Å². The van der Waals surface area contributed by atoms with E-state index < -0.39 is 6.10 Å². The lowest BCUT2D eigenvalue weighted by Gasteiger charge is -2.07. The van der Waals surface area contributed by atoms with Gasteiger partial charge in [-0.05, 0) is 31.2 Å². The number of carbonyl (C=O) groups is 1. The van der Waals surface area contributed by atoms with E-state index in [2.05, 4.69) is 27.3 Å². The van der Waals surface area contributed by atoms with Gasteiger partial charge in [0.25, 0.3) is 0 Å². The van der Waals surface area contributed by atoms with Gasteiger partial charge in [-0.2, -0.15) is 0 Å². The fraction of sp³-hybridized carbons (Fsp3) is 0.250. The van der Waals surface area contributed by atoms with Crippen molar-refractivity contribution >= 4 is 6.41 Å². The molecule has 0 saturated carbocycles. The second-order valence-electron chi connectivity index (χ2n) is 5.97. The molecule has 1 aromatic carbocycles. The Kier molecular flexibility index (Phi) is 6.02. The molecule has 0 bridgehead atoms. The van der Waals surface area contributed by atoms with E-state index in [1.165, 1.54) is 0 Å². The molecule has 0 unspecified atom stereocenters. The molecule has 0 spiro atoms. The average Bonchev–Trinajstić information content (AvgIpc) is 3.32. The van der Waals surface area contributed by atoms with Gasteiger partial charge in [0.2, 0.25) is 6.41 Å². The average molecular weight is 364 g/mol. The molecule has 27 heavy (non-hydrogen) atoms. The third-order valence-electron chi connectivity index (χ3n) is 3.89. The number of hydrogen-bond acceptors (Lipinski definition) is 5. The highest BCUT2D eigenvalue weighted by molar-refractivity contribution is 5.59. The fourth-order valence-corrected chi connectivity index (χ4v) is 2.60. The number of hydrogen-bond donors (Lipinski definition) is 2. The first-order chi connectivity index (χ1) is 13.2. The van der Waals surface area contributed by atoms with E-state index in [0.29, 0.717) is 37.5 Å². The van der Waals surface area contributed by atoms with Crippen LogP contribution in [0.5, 0.6) is 0 Å². The summed E-state index contributed by atoms with van der Waals surface area (Å²) in [4.78, 5) is 14.3. The van der Waals surface area contributed by atoms with Crippen LogP contribution in [0.3, 0.4) is 0 Å². The second kappa shape index (κ2) is 8.83. The maximum Gasteiger partial charge on any atom is 0.207 e. The molecule has 0 saturated heterocycles. The van der Waals surface area contributed by atoms with Crippen LogP contribution >= 0.6 is 0 Å². The standard InChI is InChI=1S/C20H20N4O3/c1-15(26)20-22-10-11-24(20)13-18-12-19(27-23-18)17-7-5-16(6-8-17)4-2-3-9-21-14-25/h5-8,10-12,14-15,26H,3,9,13H2,1H3,(H,21,25)/t15-/m0/s1. The lowest BCUT2D eigenvalue weighted by molar-refractivity contribution is -0.109. The Morgan fingerprint density at radius 3 is 2.93 bits per heavy atom. The van der Waals surface area contributed by atoms with Gasteiger partial charge in [-0.3, -0.25) is 4.79 Å². The van der Waals surface area contributed by atoms with E-state index in [-0.39, 0.29) is 0 Å². The summed E-state index contributed by atoms with van der Waals surface area (Å²) in [5, 5.41) is 16.4. The van der Waals surface area contributed by atoms with Gasteiger partial charge in [-0.1, -0.05) is 17.0 Å². The van der Waals surface area contributed by atoms with Gasteiger partial charge < -0.3 is 19.5 Å². The largest absolute Gasteiger partial charge is 0.385 e. The summed E-state index contributed by atoms with van der Waals surface area (Å²) in [7, 11) is 0. The Morgan fingerprint density at radius 2 is 2.19 bits per heavy atom. The van der Waals surface area contributed by atoms with E-state index in [4.69, 9.17) is 4.52 Å². The van der Waals surface area contributed by atoms with Crippen molar-refractivity contribution in [3.05, 3.63) is 59.8 Å². The molecule has 7 heteroatoms. The number of nitrogens with zero attached hydrogens (tertiary/aromatic N) is 3. The molecule has 3 aromatic rings. The molecule has 2 heterocycles. The van der Waals surface area contributed by atoms with Crippen LogP contribution in [-0.4, -0.2) is 32.8 Å². The quantitative estimate of drug-likeness (QED) is 0.381. The number of aliphatic hydroxyl groups is 1. The Balaban J connectivity index is 1.65. The van der Waals surface area contributed by atoms with E-state index in [9.17, 15) is 9.90 Å². The van der Waals surface area contributed by atoms with Gasteiger partial charge in [0, 0.05) is 42.6 Å². The first-order valence-electron chi connectivity index (χ1n) is 8.58. The van der Waals surface area contributed by atoms with Crippen molar-refractivity contribution in [2.45, 2.75) is 26.0 Å². The van der Waals surface area contributed by atoms with Gasteiger partial charge in [0.1, 0.15) is 17.6 Å². The summed E-state index contributed by atoms with van der Waals surface area (Å²) in [6, 6.07) is 9.56. The van der Waals surface area contributed by atoms with Crippen molar-refractivity contribution in [3.63, 3.8) is 0 Å². The molecule has 0 aliphatic heterocycles. The molecule has 0 radical (unpaired) electrons. The molecule has 0 fully saturated rings. The normalized spacial score (nSPS) is 11.5. The van der Waals surface area contributed by atoms with Gasteiger partial charge in [-0.25, -0.2) is 4.98 Å². The van der Waals surface area contributed by atoms with Crippen molar-refractivity contribution in [1.82, 2.24) is 20.0 Å². The van der Waals surface area contributed by atoms with Crippen LogP contribution in [0.1, 0.15) is 36.5 Å². The summed E-state index contributed by atoms with van der Waals surface area (Å²) < 4.78 is 7.28. The molecule has 1 amide bonds. The third kappa shape index (κ3) is 4.84. The van der Waals surface area contributed by atoms with Crippen LogP contribution in [0.2, 0.25) is 0 Å². The number of aromatic nitrogens is 3. The van der Waals surface area contributed by atoms with E-state index >= 15 is 0 Å². The molecule has 2 N–H and O–H groups in total. The summed E-state index contributed by atoms with van der Waals surface area (Å²) in [5.41, 5.74) is 2.55. The highest BCUT2D eigenvalue weighted by Gasteiger charge is 2.12. The first kappa shape index (κ1) is 18.4. The van der Waals surface area contributed by atoms with Crippen molar-refractivity contribution in [2.75, 3.05) is 6.54 Å². The summed E-state index contributed by atoms with van der Waals surface area (Å²) >= 11 is 0. The summed E-state index contributed by atoms with van der Waals surface area (Å²) in [6.45, 7) is 2.70. The SMILES string of the molecule is C[C@H](O)c1nccn1Cc1cc(-c2ccc(C#CCCNC=O)cc2)on1. The van der Waals surface area contributed by atoms with E-state index in [1.807, 2.05) is 34.9 Å². The zero-order chi connectivity index (χ0) is 19.1. The van der Waals surface area contributed by atoms with E-state index in [0.717, 1.165) is 16.8 Å². The fourth-order valence-electron chi connectivity index (χ4n) is 2.60. The van der Waals surface area contributed by atoms with Crippen LogP contribution in [0.15, 0.2) is 47.2 Å². The Morgan fingerprint density at radius 1 is 1.37 bits per heavy atom. The lowest BCUT2D eigenvalue weighted by Crippen LogP contribution is -2.10. The predicted molar refractivity (Wildman–Crippen MR) is 99.5 cm³/mol. The van der Waals surface area contributed by atoms with Crippen LogP contribution in [0, 0.1) is 11.8 Å². The molecule has 2 aromatic heterocycles. The monoisotopic (exact) mass is 364 g/mol. The minimum atomic E-state index is -0.644. The third-order valence-corrected chi connectivity index (χ3v) is 3.89. The summed E-state index contributed by atoms with van der Waals surface area (Å²) in [6.07, 6.45) is 4.08. The number of rotatable bonds is 7. The molecule has 1 atom stereocenters. The van der Waals surface area contributed by atoms with Crippen molar-refractivity contribution in [1.29, 1.82) is 0 Å². The number of benzene rings is 1. The molecule has 0 aliphatic carbocycles. The van der Waals surface area contributed by atoms with E-state index in [1.54, 1.807) is 19.3 Å². The number of imidazole rings is 1. The van der Waals surface area contributed by atoms with Crippen molar-refractivity contribution in [2.24, 2.45) is 0 Å². The van der Waals surface area contributed by atoms with Crippen LogP contribution in [0.25, 0.3) is 11.3 Å². The topological polar surface area (TPSA) is 93.2 Å². The Hall–Kier alpha value is -3.37. The van der Waals surface area contributed by atoms with Crippen molar-refractivity contribution in [3.8, 4) is 23.2 Å². The second-order valence-corrected chi connectivity index (χ2v) is 5.97. The highest BCUT2D eigenvalue weighted by Crippen LogP contribution is 2.22. The molecule has 3 rings (SSSR count). The van der Waals surface area contributed by atoms with Gasteiger partial charge in [0.05, 0.1) is 6.54 Å². The summed E-state index contributed by atoms with van der Waals surface area (Å²) in [5.74, 6) is 7.30. The number of nitrogens with one attached hydrogen (secondary N) is 1.